The third-order valence-electron chi connectivity index (χ3n) is 11.8. The molecule has 4 aliphatic heterocycles. The van der Waals surface area contributed by atoms with Crippen molar-refractivity contribution in [2.45, 2.75) is 112 Å². The predicted octanol–water partition coefficient (Wildman–Crippen LogP) is 3.30. The van der Waals surface area contributed by atoms with E-state index in [1.807, 2.05) is 36.4 Å². The highest BCUT2D eigenvalue weighted by molar-refractivity contribution is 7.47. The lowest BCUT2D eigenvalue weighted by Gasteiger charge is -2.37. The third kappa shape index (κ3) is 10.0. The molecule has 60 heavy (non-hydrogen) atoms. The molecule has 0 aliphatic carbocycles. The SMILES string of the molecule is C[C@H](N)C(=O)N1CCC[C@H]1C(=O)N1CCC[C@]1(C(=O)O)[PH](=O)Cc1ccccc1.C[C@H](N)C(=O)N1CCC[C@H]1C(=O)N1CCC[C@]1(C(=O)O)[PH](=O)Cc1ccccc1.N.N. The second-order valence-corrected chi connectivity index (χ2v) is 19.7. The van der Waals surface area contributed by atoms with Crippen molar-refractivity contribution in [1.29, 1.82) is 0 Å². The molecule has 0 aromatic heterocycles. The van der Waals surface area contributed by atoms with Gasteiger partial charge in [0.2, 0.25) is 23.6 Å². The first kappa shape index (κ1) is 49.9. The standard InChI is InChI=1S/2C20H28N3O5P.2H3N/c2*1-14(21)17(24)22-11-5-9-16(22)18(25)23-12-6-10-20(23,19(26)27)29(28)13-15-7-3-2-4-8-15;;/h2*2-4,7-8,14,16,29H,5-6,9-13,21H2,1H3,(H,26,27);2*1H3/t2*14-,16-,20+;;/m00../s1. The fourth-order valence-corrected chi connectivity index (χ4v) is 13.0. The smallest absolute Gasteiger partial charge is 0.337 e. The summed E-state index contributed by atoms with van der Waals surface area (Å²) in [5.41, 5.74) is 13.0. The summed E-state index contributed by atoms with van der Waals surface area (Å²) >= 11 is 0. The Kier molecular flexibility index (Phi) is 17.8. The molecule has 0 spiro atoms. The lowest BCUT2D eigenvalue weighted by Crippen LogP contribution is -2.57. The van der Waals surface area contributed by atoms with Crippen LogP contribution in [0.2, 0.25) is 0 Å². The van der Waals surface area contributed by atoms with Crippen LogP contribution in [-0.2, 0) is 50.2 Å². The van der Waals surface area contributed by atoms with Crippen LogP contribution >= 0.6 is 15.6 Å². The Balaban J connectivity index is 0.000000310. The van der Waals surface area contributed by atoms with Crippen LogP contribution in [0.3, 0.4) is 0 Å². The van der Waals surface area contributed by atoms with Crippen molar-refractivity contribution in [3.05, 3.63) is 71.8 Å². The van der Waals surface area contributed by atoms with Crippen molar-refractivity contribution in [2.75, 3.05) is 26.2 Å². The molecule has 8 atom stereocenters. The van der Waals surface area contributed by atoms with Crippen molar-refractivity contribution in [3.8, 4) is 0 Å². The van der Waals surface area contributed by atoms with Gasteiger partial charge in [-0.3, -0.25) is 19.2 Å². The molecule has 2 unspecified atom stereocenters. The van der Waals surface area contributed by atoms with Crippen molar-refractivity contribution in [1.82, 2.24) is 31.9 Å². The molecule has 0 bridgehead atoms. The van der Waals surface area contributed by atoms with E-state index in [-0.39, 0.29) is 62.4 Å². The molecule has 4 amide bonds. The van der Waals surface area contributed by atoms with E-state index >= 15 is 0 Å². The Hall–Kier alpha value is -4.44. The average molecular weight is 877 g/mol. The van der Waals surface area contributed by atoms with Crippen LogP contribution in [0.15, 0.2) is 60.7 Å². The van der Waals surface area contributed by atoms with Crippen LogP contribution < -0.4 is 23.8 Å². The van der Waals surface area contributed by atoms with Crippen molar-refractivity contribution in [3.63, 3.8) is 0 Å². The lowest BCUT2D eigenvalue weighted by molar-refractivity contribution is -0.154. The van der Waals surface area contributed by atoms with Gasteiger partial charge in [-0.25, -0.2) is 9.59 Å². The van der Waals surface area contributed by atoms with Gasteiger partial charge < -0.3 is 62.7 Å². The fourth-order valence-electron chi connectivity index (χ4n) is 8.81. The summed E-state index contributed by atoms with van der Waals surface area (Å²) in [6.07, 6.45) is 3.73. The highest BCUT2D eigenvalue weighted by Crippen LogP contribution is 2.53. The maximum absolute atomic E-state index is 13.4. The number of rotatable bonds is 12. The number of carboxylic acid groups (broad SMARTS) is 2. The summed E-state index contributed by atoms with van der Waals surface area (Å²) in [5, 5.41) is 16.7. The van der Waals surface area contributed by atoms with Crippen LogP contribution in [-0.4, -0.2) is 126 Å². The molecular weight excluding hydrogens is 814 g/mol. The van der Waals surface area contributed by atoms with Gasteiger partial charge in [0, 0.05) is 38.5 Å². The summed E-state index contributed by atoms with van der Waals surface area (Å²) in [7, 11) is -5.45. The van der Waals surface area contributed by atoms with Crippen LogP contribution in [0, 0.1) is 0 Å². The van der Waals surface area contributed by atoms with Gasteiger partial charge in [-0.15, -0.1) is 0 Å². The second kappa shape index (κ2) is 21.4. The number of carbonyl (C=O) groups is 6. The first-order valence-corrected chi connectivity index (χ1v) is 23.2. The molecule has 4 heterocycles. The summed E-state index contributed by atoms with van der Waals surface area (Å²) in [5.74, 6) is -3.96. The maximum atomic E-state index is 13.4. The Morgan fingerprint density at radius 3 is 1.25 bits per heavy atom. The Bertz CT molecular complexity index is 1770. The molecule has 4 fully saturated rings. The molecule has 20 heteroatoms. The van der Waals surface area contributed by atoms with E-state index in [1.165, 1.54) is 19.6 Å². The number of hydrogen-bond donors (Lipinski definition) is 6. The predicted molar refractivity (Wildman–Crippen MR) is 228 cm³/mol. The van der Waals surface area contributed by atoms with Gasteiger partial charge in [0.25, 0.3) is 0 Å². The van der Waals surface area contributed by atoms with Gasteiger partial charge >= 0.3 is 11.9 Å². The molecule has 332 valence electrons. The average Bonchev–Trinajstić information content (AvgIpc) is 4.04. The van der Waals surface area contributed by atoms with Crippen molar-refractivity contribution in [2.24, 2.45) is 11.5 Å². The number of nitrogens with zero attached hydrogens (tertiary/aromatic N) is 4. The molecule has 4 aliphatic rings. The number of likely N-dealkylation sites (tertiary alicyclic amines) is 4. The van der Waals surface area contributed by atoms with Gasteiger partial charge in [-0.2, -0.15) is 0 Å². The van der Waals surface area contributed by atoms with E-state index in [0.29, 0.717) is 51.6 Å². The van der Waals surface area contributed by atoms with E-state index in [4.69, 9.17) is 11.5 Å². The zero-order valence-electron chi connectivity index (χ0n) is 34.5. The van der Waals surface area contributed by atoms with E-state index in [0.717, 1.165) is 11.1 Å². The number of benzene rings is 2. The molecule has 6 rings (SSSR count). The number of amides is 4. The summed E-state index contributed by atoms with van der Waals surface area (Å²) in [6, 6.07) is 15.2. The molecule has 2 aromatic carbocycles. The normalized spacial score (nSPS) is 25.5. The van der Waals surface area contributed by atoms with E-state index in [9.17, 15) is 48.1 Å². The highest BCUT2D eigenvalue weighted by Gasteiger charge is 2.57. The number of carbonyl (C=O) groups excluding carboxylic acids is 4. The largest absolute Gasteiger partial charge is 0.479 e. The summed E-state index contributed by atoms with van der Waals surface area (Å²) in [4.78, 5) is 81.7. The van der Waals surface area contributed by atoms with Gasteiger partial charge in [-0.1, -0.05) is 60.7 Å². The van der Waals surface area contributed by atoms with E-state index < -0.39 is 74.1 Å². The van der Waals surface area contributed by atoms with Crippen LogP contribution in [0.1, 0.15) is 76.3 Å². The van der Waals surface area contributed by atoms with Crippen molar-refractivity contribution < 1.29 is 48.1 Å². The van der Waals surface area contributed by atoms with Gasteiger partial charge in [-0.05, 0) is 76.3 Å². The molecule has 4 saturated heterocycles. The molecule has 0 saturated carbocycles. The van der Waals surface area contributed by atoms with Crippen LogP contribution in [0.25, 0.3) is 0 Å². The Labute approximate surface area is 352 Å². The minimum Gasteiger partial charge on any atom is -0.479 e. The van der Waals surface area contributed by atoms with Gasteiger partial charge in [0.05, 0.1) is 12.1 Å². The Morgan fingerprint density at radius 2 is 0.950 bits per heavy atom. The second-order valence-electron chi connectivity index (χ2n) is 15.6. The Morgan fingerprint density at radius 1 is 0.617 bits per heavy atom. The number of aliphatic carboxylic acids is 2. The molecule has 12 N–H and O–H groups in total. The topological polar surface area (TPSA) is 312 Å². The molecular formula is C40H62N8O10P2. The maximum Gasteiger partial charge on any atom is 0.337 e. The summed E-state index contributed by atoms with van der Waals surface area (Å²) < 4.78 is 26.7. The number of nitrogens with two attached hydrogens (primary N) is 2. The highest BCUT2D eigenvalue weighted by atomic mass is 31.1. The molecule has 0 radical (unpaired) electrons. The zero-order chi connectivity index (χ0) is 42.4. The van der Waals surface area contributed by atoms with Gasteiger partial charge in [0.15, 0.2) is 10.6 Å². The zero-order valence-corrected chi connectivity index (χ0v) is 36.5. The number of carboxylic acids is 2. The first-order chi connectivity index (χ1) is 27.6. The van der Waals surface area contributed by atoms with Crippen LogP contribution in [0.4, 0.5) is 0 Å². The molecule has 2 aromatic rings. The van der Waals surface area contributed by atoms with E-state index in [2.05, 4.69) is 0 Å². The van der Waals surface area contributed by atoms with Crippen molar-refractivity contribution >= 4 is 51.2 Å². The fraction of sp³-hybridized carbons (Fsp3) is 0.550. The summed E-state index contributed by atoms with van der Waals surface area (Å²) in [6.45, 7) is 4.43. The minimum absolute atomic E-state index is 0. The molecule has 18 nitrogen and oxygen atoms in total. The minimum atomic E-state index is -2.73. The quantitative estimate of drug-likeness (QED) is 0.167. The van der Waals surface area contributed by atoms with Crippen LogP contribution in [0.5, 0.6) is 0 Å². The van der Waals surface area contributed by atoms with E-state index in [1.54, 1.807) is 38.1 Å². The lowest BCUT2D eigenvalue weighted by atomic mass is 10.1. The number of hydrogen-bond acceptors (Lipinski definition) is 12. The monoisotopic (exact) mass is 876 g/mol. The third-order valence-corrected chi connectivity index (χ3v) is 16.5. The first-order valence-electron chi connectivity index (χ1n) is 19.9. The van der Waals surface area contributed by atoms with Gasteiger partial charge in [0.1, 0.15) is 27.7 Å².